The van der Waals surface area contributed by atoms with Gasteiger partial charge in [0.1, 0.15) is 17.6 Å². The number of anilines is 1. The van der Waals surface area contributed by atoms with E-state index in [4.69, 9.17) is 9.47 Å². The first kappa shape index (κ1) is 25.6. The Morgan fingerprint density at radius 1 is 1.00 bits per heavy atom. The summed E-state index contributed by atoms with van der Waals surface area (Å²) in [5, 5.41) is 11.2. The van der Waals surface area contributed by atoms with Gasteiger partial charge in [-0.2, -0.15) is 0 Å². The van der Waals surface area contributed by atoms with Crippen molar-refractivity contribution >= 4 is 29.1 Å². The fraction of sp³-hybridized carbons (Fsp3) is 0.241. The van der Waals surface area contributed by atoms with Gasteiger partial charge in [-0.3, -0.25) is 24.3 Å². The summed E-state index contributed by atoms with van der Waals surface area (Å²) in [6.45, 7) is 4.60. The molecule has 0 aliphatic carbocycles. The topological polar surface area (TPSA) is 106 Å². The van der Waals surface area contributed by atoms with Crippen LogP contribution in [0.15, 0.2) is 78.5 Å². The average molecular weight is 501 g/mol. The number of Topliss-reactive ketones (excluding diaryl/α,β-unsaturated/α-hetero) is 1. The van der Waals surface area contributed by atoms with Crippen LogP contribution in [0, 0.1) is 0 Å². The number of ether oxygens (including phenoxy) is 2. The molecule has 37 heavy (non-hydrogen) atoms. The van der Waals surface area contributed by atoms with Crippen LogP contribution in [0.1, 0.15) is 43.1 Å². The van der Waals surface area contributed by atoms with Gasteiger partial charge < -0.3 is 14.6 Å². The molecule has 1 atom stereocenters. The summed E-state index contributed by atoms with van der Waals surface area (Å²) in [5.74, 6) is -1.59. The number of hydrogen-bond acceptors (Lipinski definition) is 7. The number of aromatic nitrogens is 1. The lowest BCUT2D eigenvalue weighted by atomic mass is 9.98. The van der Waals surface area contributed by atoms with Crippen LogP contribution in [0.2, 0.25) is 0 Å². The zero-order chi connectivity index (χ0) is 26.4. The molecule has 4 rings (SSSR count). The molecule has 8 heteroatoms. The monoisotopic (exact) mass is 500 g/mol. The molecular weight excluding hydrogens is 472 g/mol. The molecule has 1 saturated heterocycles. The van der Waals surface area contributed by atoms with Gasteiger partial charge in [-0.15, -0.1) is 0 Å². The molecule has 0 spiro atoms. The number of pyridine rings is 1. The maximum Gasteiger partial charge on any atom is 0.310 e. The molecular formula is C29H28N2O6. The maximum atomic E-state index is 13.3. The summed E-state index contributed by atoms with van der Waals surface area (Å²) in [5.41, 5.74) is 1.90. The lowest BCUT2D eigenvalue weighted by Gasteiger charge is -2.24. The first-order valence-electron chi connectivity index (χ1n) is 12.1. The number of carbonyl (C=O) groups excluding carboxylic acids is 3. The standard InChI is InChI=1S/C29H28N2O6/c1-3-17-37-22-14-10-20(11-15-22)27(33)25-26(23-7-5-6-16-30-23)31(29(35)28(25)34)21-12-8-19(9-13-21)18-24(32)36-4-2/h5-16,26,33H,3-4,17-18H2,1-2H3/b27-25-. The van der Waals surface area contributed by atoms with E-state index in [1.54, 1.807) is 79.9 Å². The second-order valence-electron chi connectivity index (χ2n) is 8.44. The molecule has 8 nitrogen and oxygen atoms in total. The van der Waals surface area contributed by atoms with Gasteiger partial charge in [0.15, 0.2) is 0 Å². The van der Waals surface area contributed by atoms with Crippen LogP contribution in [-0.2, 0) is 25.5 Å². The van der Waals surface area contributed by atoms with Gasteiger partial charge in [-0.05, 0) is 67.4 Å². The van der Waals surface area contributed by atoms with Crippen molar-refractivity contribution in [2.45, 2.75) is 32.7 Å². The van der Waals surface area contributed by atoms with Gasteiger partial charge in [-0.1, -0.05) is 25.1 Å². The number of aliphatic hydroxyl groups is 1. The largest absolute Gasteiger partial charge is 0.507 e. The highest BCUT2D eigenvalue weighted by Gasteiger charge is 2.47. The lowest BCUT2D eigenvalue weighted by molar-refractivity contribution is -0.142. The van der Waals surface area contributed by atoms with Crippen LogP contribution >= 0.6 is 0 Å². The predicted octanol–water partition coefficient (Wildman–Crippen LogP) is 4.60. The van der Waals surface area contributed by atoms with E-state index in [2.05, 4.69) is 4.98 Å². The molecule has 1 unspecified atom stereocenters. The summed E-state index contributed by atoms with van der Waals surface area (Å²) in [6, 6.07) is 17.7. The summed E-state index contributed by atoms with van der Waals surface area (Å²) in [6.07, 6.45) is 2.52. The van der Waals surface area contributed by atoms with E-state index in [-0.39, 0.29) is 23.7 Å². The van der Waals surface area contributed by atoms with Crippen LogP contribution in [0.25, 0.3) is 5.76 Å². The van der Waals surface area contributed by atoms with Crippen LogP contribution in [0.3, 0.4) is 0 Å². The van der Waals surface area contributed by atoms with Crippen molar-refractivity contribution in [3.63, 3.8) is 0 Å². The Hall–Kier alpha value is -4.46. The number of hydrogen-bond donors (Lipinski definition) is 1. The Morgan fingerprint density at radius 3 is 2.35 bits per heavy atom. The molecule has 1 aliphatic rings. The zero-order valence-electron chi connectivity index (χ0n) is 20.7. The molecule has 1 aliphatic heterocycles. The minimum absolute atomic E-state index is 0.0541. The molecule has 190 valence electrons. The fourth-order valence-electron chi connectivity index (χ4n) is 4.15. The van der Waals surface area contributed by atoms with E-state index in [0.29, 0.717) is 41.5 Å². The number of ketones is 1. The first-order valence-corrected chi connectivity index (χ1v) is 12.1. The Kier molecular flexibility index (Phi) is 7.98. The highest BCUT2D eigenvalue weighted by atomic mass is 16.5. The highest BCUT2D eigenvalue weighted by Crippen LogP contribution is 2.41. The minimum Gasteiger partial charge on any atom is -0.507 e. The zero-order valence-corrected chi connectivity index (χ0v) is 20.7. The summed E-state index contributed by atoms with van der Waals surface area (Å²) in [4.78, 5) is 44.1. The SMILES string of the molecule is CCCOc1ccc(/C(O)=C2/C(=O)C(=O)N(c3ccc(CC(=O)OCC)cc3)C2c2ccccn2)cc1. The van der Waals surface area contributed by atoms with Gasteiger partial charge in [0.2, 0.25) is 0 Å². The van der Waals surface area contributed by atoms with E-state index in [1.807, 2.05) is 6.92 Å². The van der Waals surface area contributed by atoms with Crippen LogP contribution < -0.4 is 9.64 Å². The van der Waals surface area contributed by atoms with Crippen molar-refractivity contribution in [2.24, 2.45) is 0 Å². The Balaban J connectivity index is 1.74. The number of nitrogens with zero attached hydrogens (tertiary/aromatic N) is 2. The van der Waals surface area contributed by atoms with E-state index in [0.717, 1.165) is 6.42 Å². The highest BCUT2D eigenvalue weighted by molar-refractivity contribution is 6.51. The molecule has 2 heterocycles. The fourth-order valence-corrected chi connectivity index (χ4v) is 4.15. The minimum atomic E-state index is -0.937. The summed E-state index contributed by atoms with van der Waals surface area (Å²) in [7, 11) is 0. The van der Waals surface area contributed by atoms with Crippen molar-refractivity contribution in [2.75, 3.05) is 18.1 Å². The van der Waals surface area contributed by atoms with Gasteiger partial charge in [0.05, 0.1) is 30.9 Å². The third-order valence-electron chi connectivity index (χ3n) is 5.88. The first-order chi connectivity index (χ1) is 17.9. The number of amides is 1. The van der Waals surface area contributed by atoms with Crippen molar-refractivity contribution in [1.29, 1.82) is 0 Å². The number of rotatable bonds is 9. The molecule has 2 aromatic carbocycles. The van der Waals surface area contributed by atoms with Crippen molar-refractivity contribution in [1.82, 2.24) is 4.98 Å². The second-order valence-corrected chi connectivity index (χ2v) is 8.44. The van der Waals surface area contributed by atoms with E-state index < -0.39 is 17.7 Å². The normalized spacial score (nSPS) is 16.6. The van der Waals surface area contributed by atoms with Crippen LogP contribution in [0.4, 0.5) is 5.69 Å². The molecule has 1 aromatic heterocycles. The Bertz CT molecular complexity index is 1300. The quantitative estimate of drug-likeness (QED) is 0.198. The van der Waals surface area contributed by atoms with Crippen molar-refractivity contribution in [3.05, 3.63) is 95.3 Å². The third kappa shape index (κ3) is 5.53. The molecule has 0 bridgehead atoms. The maximum absolute atomic E-state index is 13.3. The Morgan fingerprint density at radius 2 is 1.73 bits per heavy atom. The number of carbonyl (C=O) groups is 3. The van der Waals surface area contributed by atoms with Crippen molar-refractivity contribution in [3.8, 4) is 5.75 Å². The van der Waals surface area contributed by atoms with Crippen LogP contribution in [-0.4, -0.2) is 41.0 Å². The summed E-state index contributed by atoms with van der Waals surface area (Å²) >= 11 is 0. The molecule has 1 N–H and O–H groups in total. The molecule has 3 aromatic rings. The Labute approximate surface area is 215 Å². The molecule has 1 amide bonds. The van der Waals surface area contributed by atoms with Gasteiger partial charge in [-0.25, -0.2) is 0 Å². The van der Waals surface area contributed by atoms with Crippen LogP contribution in [0.5, 0.6) is 5.75 Å². The van der Waals surface area contributed by atoms with E-state index in [1.165, 1.54) is 4.90 Å². The summed E-state index contributed by atoms with van der Waals surface area (Å²) < 4.78 is 10.6. The molecule has 0 radical (unpaired) electrons. The number of aliphatic hydroxyl groups excluding tert-OH is 1. The van der Waals surface area contributed by atoms with E-state index in [9.17, 15) is 19.5 Å². The molecule has 0 saturated carbocycles. The predicted molar refractivity (Wildman–Crippen MR) is 138 cm³/mol. The van der Waals surface area contributed by atoms with E-state index >= 15 is 0 Å². The molecule has 1 fully saturated rings. The van der Waals surface area contributed by atoms with Gasteiger partial charge in [0.25, 0.3) is 11.7 Å². The second kappa shape index (κ2) is 11.5. The smallest absolute Gasteiger partial charge is 0.310 e. The average Bonchev–Trinajstić information content (AvgIpc) is 3.18. The van der Waals surface area contributed by atoms with Gasteiger partial charge >= 0.3 is 5.97 Å². The van der Waals surface area contributed by atoms with Crippen molar-refractivity contribution < 1.29 is 29.0 Å². The number of esters is 1. The van der Waals surface area contributed by atoms with Gasteiger partial charge in [0, 0.05) is 17.4 Å². The third-order valence-corrected chi connectivity index (χ3v) is 5.88. The number of benzene rings is 2. The lowest BCUT2D eigenvalue weighted by Crippen LogP contribution is -2.29.